The quantitative estimate of drug-likeness (QED) is 0.799. The van der Waals surface area contributed by atoms with Gasteiger partial charge in [0.15, 0.2) is 0 Å². The van der Waals surface area contributed by atoms with Crippen LogP contribution in [0.4, 0.5) is 0 Å². The molecule has 0 radical (unpaired) electrons. The van der Waals surface area contributed by atoms with Crippen molar-refractivity contribution in [2.75, 3.05) is 7.11 Å². The highest BCUT2D eigenvalue weighted by Crippen LogP contribution is 2.13. The second-order valence-electron chi connectivity index (χ2n) is 4.58. The van der Waals surface area contributed by atoms with Crippen molar-refractivity contribution in [2.45, 2.75) is 39.7 Å². The molecule has 0 aliphatic heterocycles. The lowest BCUT2D eigenvalue weighted by molar-refractivity contribution is -0.143. The molecule has 1 rings (SSSR count). The summed E-state index contributed by atoms with van der Waals surface area (Å²) >= 11 is 1.04. The lowest BCUT2D eigenvalue weighted by atomic mass is 10.0. The van der Waals surface area contributed by atoms with Crippen LogP contribution in [-0.2, 0) is 16.0 Å². The van der Waals surface area contributed by atoms with E-state index in [0.29, 0.717) is 23.4 Å². The Morgan fingerprint density at radius 1 is 1.42 bits per heavy atom. The summed E-state index contributed by atoms with van der Waals surface area (Å²) in [4.78, 5) is 24.2. The minimum atomic E-state index is -0.635. The first-order valence-corrected chi connectivity index (χ1v) is 6.96. The van der Waals surface area contributed by atoms with Gasteiger partial charge in [-0.25, -0.2) is 4.79 Å². The predicted molar refractivity (Wildman–Crippen MR) is 72.0 cm³/mol. The first-order chi connectivity index (χ1) is 8.99. The number of methoxy groups -OCH3 is 1. The van der Waals surface area contributed by atoms with Gasteiger partial charge in [-0.05, 0) is 30.3 Å². The third kappa shape index (κ3) is 4.27. The molecule has 0 bridgehead atoms. The molecule has 1 atom stereocenters. The minimum absolute atomic E-state index is 0.273. The molecule has 1 heterocycles. The van der Waals surface area contributed by atoms with Crippen LogP contribution >= 0.6 is 11.5 Å². The Morgan fingerprint density at radius 2 is 2.11 bits per heavy atom. The molecule has 7 heteroatoms. The van der Waals surface area contributed by atoms with E-state index in [0.717, 1.165) is 11.5 Å². The maximum Gasteiger partial charge on any atom is 0.328 e. The largest absolute Gasteiger partial charge is 0.467 e. The van der Waals surface area contributed by atoms with Crippen LogP contribution in [0.2, 0.25) is 0 Å². The smallest absolute Gasteiger partial charge is 0.328 e. The number of carbonyl (C=O) groups excluding carboxylic acids is 2. The van der Waals surface area contributed by atoms with Crippen LogP contribution < -0.4 is 5.32 Å². The van der Waals surface area contributed by atoms with Gasteiger partial charge < -0.3 is 10.1 Å². The zero-order valence-electron chi connectivity index (χ0n) is 11.6. The van der Waals surface area contributed by atoms with Crippen molar-refractivity contribution in [3.05, 3.63) is 10.6 Å². The number of aryl methyl sites for hydroxylation is 1. The second kappa shape index (κ2) is 7.18. The number of hydrogen-bond donors (Lipinski definition) is 1. The topological polar surface area (TPSA) is 81.2 Å². The minimum Gasteiger partial charge on any atom is -0.467 e. The van der Waals surface area contributed by atoms with E-state index in [9.17, 15) is 9.59 Å². The monoisotopic (exact) mass is 285 g/mol. The molecule has 0 aromatic carbocycles. The van der Waals surface area contributed by atoms with Gasteiger partial charge in [0.05, 0.1) is 12.8 Å². The van der Waals surface area contributed by atoms with Crippen LogP contribution in [0.25, 0.3) is 0 Å². The zero-order chi connectivity index (χ0) is 14.4. The normalized spacial score (nSPS) is 12.3. The van der Waals surface area contributed by atoms with E-state index in [-0.39, 0.29) is 11.8 Å². The molecule has 1 N–H and O–H groups in total. The maximum atomic E-state index is 12.1. The van der Waals surface area contributed by atoms with Crippen molar-refractivity contribution in [3.63, 3.8) is 0 Å². The van der Waals surface area contributed by atoms with E-state index in [1.165, 1.54) is 7.11 Å². The Labute approximate surface area is 116 Å². The van der Waals surface area contributed by atoms with Gasteiger partial charge in [-0.1, -0.05) is 25.3 Å². The van der Waals surface area contributed by atoms with Crippen LogP contribution in [-0.4, -0.2) is 34.6 Å². The zero-order valence-corrected chi connectivity index (χ0v) is 12.4. The summed E-state index contributed by atoms with van der Waals surface area (Å²) in [5.41, 5.74) is 0.649. The molecule has 1 aromatic rings. The highest BCUT2D eigenvalue weighted by Gasteiger charge is 2.25. The van der Waals surface area contributed by atoms with Crippen molar-refractivity contribution >= 4 is 23.4 Å². The summed E-state index contributed by atoms with van der Waals surface area (Å²) in [7, 11) is 1.31. The van der Waals surface area contributed by atoms with Crippen LogP contribution in [0.5, 0.6) is 0 Å². The van der Waals surface area contributed by atoms with Crippen LogP contribution in [0.1, 0.15) is 42.6 Å². The van der Waals surface area contributed by atoms with Crippen molar-refractivity contribution in [3.8, 4) is 0 Å². The molecule has 1 aromatic heterocycles. The predicted octanol–water partition coefficient (Wildman–Crippen LogP) is 1.42. The van der Waals surface area contributed by atoms with Gasteiger partial charge in [0.25, 0.3) is 5.91 Å². The average molecular weight is 285 g/mol. The fourth-order valence-electron chi connectivity index (χ4n) is 1.66. The van der Waals surface area contributed by atoms with Crippen molar-refractivity contribution < 1.29 is 14.3 Å². The van der Waals surface area contributed by atoms with Crippen molar-refractivity contribution in [1.29, 1.82) is 0 Å². The van der Waals surface area contributed by atoms with Crippen LogP contribution in [0.3, 0.4) is 0 Å². The Hall–Kier alpha value is -1.50. The maximum absolute atomic E-state index is 12.1. The van der Waals surface area contributed by atoms with E-state index in [1.807, 2.05) is 20.8 Å². The first kappa shape index (κ1) is 15.6. The fourth-order valence-corrected chi connectivity index (χ4v) is 2.32. The Bertz CT molecular complexity index is 445. The second-order valence-corrected chi connectivity index (χ2v) is 5.34. The molecule has 6 nitrogen and oxygen atoms in total. The van der Waals surface area contributed by atoms with E-state index in [4.69, 9.17) is 4.74 Å². The third-order valence-corrected chi connectivity index (χ3v) is 3.36. The first-order valence-electron chi connectivity index (χ1n) is 6.19. The van der Waals surface area contributed by atoms with Gasteiger partial charge in [-0.3, -0.25) is 4.79 Å². The molecule has 1 amide bonds. The number of rotatable bonds is 6. The van der Waals surface area contributed by atoms with Gasteiger partial charge in [-0.15, -0.1) is 5.10 Å². The lowest BCUT2D eigenvalue weighted by Crippen LogP contribution is -2.42. The average Bonchev–Trinajstić information content (AvgIpc) is 2.84. The number of nitrogens with zero attached hydrogens (tertiary/aromatic N) is 2. The Balaban J connectivity index is 2.78. The van der Waals surface area contributed by atoms with Crippen molar-refractivity contribution in [1.82, 2.24) is 14.9 Å². The Morgan fingerprint density at radius 3 is 2.63 bits per heavy atom. The molecule has 19 heavy (non-hydrogen) atoms. The van der Waals surface area contributed by atoms with E-state index in [1.54, 1.807) is 0 Å². The van der Waals surface area contributed by atoms with E-state index < -0.39 is 12.0 Å². The van der Waals surface area contributed by atoms with Crippen LogP contribution in [0.15, 0.2) is 0 Å². The van der Waals surface area contributed by atoms with Gasteiger partial charge in [-0.2, -0.15) is 0 Å². The summed E-state index contributed by atoms with van der Waals surface area (Å²) in [5, 5.41) is 6.57. The lowest BCUT2D eigenvalue weighted by Gasteiger charge is -2.17. The highest BCUT2D eigenvalue weighted by molar-refractivity contribution is 7.08. The molecular formula is C12H19N3O3S. The summed E-state index contributed by atoms with van der Waals surface area (Å²) in [6, 6.07) is -0.635. The number of hydrogen-bond acceptors (Lipinski definition) is 6. The van der Waals surface area contributed by atoms with E-state index >= 15 is 0 Å². The molecule has 0 saturated heterocycles. The Kier molecular flexibility index (Phi) is 5.88. The molecule has 0 saturated carbocycles. The fraction of sp³-hybridized carbons (Fsp3) is 0.667. The summed E-state index contributed by atoms with van der Waals surface area (Å²) in [5.74, 6) is -0.477. The molecule has 0 spiro atoms. The number of aromatic nitrogens is 2. The summed E-state index contributed by atoms with van der Waals surface area (Å²) < 4.78 is 8.47. The molecule has 0 aliphatic carbocycles. The van der Waals surface area contributed by atoms with Crippen LogP contribution in [0, 0.1) is 5.92 Å². The number of carbonyl (C=O) groups is 2. The molecular weight excluding hydrogens is 266 g/mol. The van der Waals surface area contributed by atoms with Gasteiger partial charge in [0.1, 0.15) is 10.9 Å². The summed E-state index contributed by atoms with van der Waals surface area (Å²) in [6.07, 6.45) is 1.17. The van der Waals surface area contributed by atoms with Gasteiger partial charge in [0, 0.05) is 0 Å². The molecule has 106 valence electrons. The van der Waals surface area contributed by atoms with E-state index in [2.05, 4.69) is 14.9 Å². The SMILES string of the molecule is CCc1nnsc1C(=O)N[C@H](CC(C)C)C(=O)OC. The number of amides is 1. The van der Waals surface area contributed by atoms with Crippen molar-refractivity contribution in [2.24, 2.45) is 5.92 Å². The molecule has 0 aliphatic rings. The van der Waals surface area contributed by atoms with Gasteiger partial charge in [0.2, 0.25) is 0 Å². The third-order valence-electron chi connectivity index (χ3n) is 2.60. The number of esters is 1. The standard InChI is InChI=1S/C12H19N3O3S/c1-5-8-10(19-15-14-8)11(16)13-9(6-7(2)3)12(17)18-4/h7,9H,5-6H2,1-4H3,(H,13,16)/t9-/m1/s1. The number of ether oxygens (including phenoxy) is 1. The molecule has 0 fully saturated rings. The number of nitrogens with one attached hydrogen (secondary N) is 1. The van der Waals surface area contributed by atoms with Gasteiger partial charge >= 0.3 is 5.97 Å². The summed E-state index contributed by atoms with van der Waals surface area (Å²) in [6.45, 7) is 5.86. The highest BCUT2D eigenvalue weighted by atomic mass is 32.1. The molecule has 0 unspecified atom stereocenters.